The van der Waals surface area contributed by atoms with E-state index >= 15 is 0 Å². The van der Waals surface area contributed by atoms with Crippen LogP contribution in [0.2, 0.25) is 0 Å². The van der Waals surface area contributed by atoms with Crippen molar-refractivity contribution in [2.24, 2.45) is 0 Å². The van der Waals surface area contributed by atoms with Crippen molar-refractivity contribution < 1.29 is 18.1 Å². The molecule has 5 nitrogen and oxygen atoms in total. The van der Waals surface area contributed by atoms with Crippen LogP contribution in [-0.2, 0) is 21.3 Å². The van der Waals surface area contributed by atoms with Gasteiger partial charge in [-0.3, -0.25) is 4.72 Å². The van der Waals surface area contributed by atoms with E-state index < -0.39 is 17.1 Å². The summed E-state index contributed by atoms with van der Waals surface area (Å²) in [5.41, 5.74) is 2.85. The summed E-state index contributed by atoms with van der Waals surface area (Å²) in [5.74, 6) is 0. The van der Waals surface area contributed by atoms with E-state index in [1.54, 1.807) is 42.5 Å². The van der Waals surface area contributed by atoms with Crippen molar-refractivity contribution in [3.05, 3.63) is 53.6 Å². The third-order valence-corrected chi connectivity index (χ3v) is 4.79. The highest BCUT2D eigenvalue weighted by atomic mass is 32.2. The molecule has 0 amide bonds. The minimum Gasteiger partial charge on any atom is -0.423 e. The van der Waals surface area contributed by atoms with Crippen molar-refractivity contribution in [3.8, 4) is 0 Å². The third kappa shape index (κ3) is 2.80. The highest BCUT2D eigenvalue weighted by molar-refractivity contribution is 7.92. The minimum atomic E-state index is -3.64. The van der Waals surface area contributed by atoms with E-state index in [1.807, 2.05) is 6.92 Å². The molecule has 3 rings (SSSR count). The molecule has 2 aromatic carbocycles. The standard InChI is InChI=1S/C14H14BNO4S/c1-10-2-6-13(7-3-10)21(18,19)16-12-5-4-11-9-20-15(17)14(11)8-12/h2-8,16-17H,9H2,1H3. The predicted molar refractivity (Wildman–Crippen MR) is 80.8 cm³/mol. The Labute approximate surface area is 123 Å². The van der Waals surface area contributed by atoms with Gasteiger partial charge in [-0.15, -0.1) is 0 Å². The number of benzene rings is 2. The number of anilines is 1. The van der Waals surface area contributed by atoms with Crippen LogP contribution < -0.4 is 10.2 Å². The fourth-order valence-corrected chi connectivity index (χ4v) is 3.26. The van der Waals surface area contributed by atoms with Gasteiger partial charge in [-0.2, -0.15) is 0 Å². The molecule has 2 N–H and O–H groups in total. The van der Waals surface area contributed by atoms with Crippen LogP contribution in [0.5, 0.6) is 0 Å². The first-order valence-electron chi connectivity index (χ1n) is 6.48. The molecule has 0 unspecified atom stereocenters. The fourth-order valence-electron chi connectivity index (χ4n) is 2.21. The lowest BCUT2D eigenvalue weighted by Gasteiger charge is -2.09. The Bertz CT molecular complexity index is 774. The quantitative estimate of drug-likeness (QED) is 0.830. The maximum Gasteiger partial charge on any atom is 0.491 e. The predicted octanol–water partition coefficient (Wildman–Crippen LogP) is 1.01. The molecule has 0 spiro atoms. The van der Waals surface area contributed by atoms with Gasteiger partial charge in [-0.05, 0) is 42.2 Å². The molecule has 7 heteroatoms. The normalized spacial score (nSPS) is 14.1. The van der Waals surface area contributed by atoms with Crippen LogP contribution in [-0.4, -0.2) is 20.6 Å². The van der Waals surface area contributed by atoms with Gasteiger partial charge in [0.25, 0.3) is 10.0 Å². The number of aryl methyl sites for hydroxylation is 1. The van der Waals surface area contributed by atoms with E-state index in [1.165, 1.54) is 0 Å². The maximum atomic E-state index is 12.3. The summed E-state index contributed by atoms with van der Waals surface area (Å²) < 4.78 is 32.2. The molecule has 1 aliphatic heterocycles. The van der Waals surface area contributed by atoms with Crippen LogP contribution in [0.1, 0.15) is 11.1 Å². The molecule has 0 atom stereocenters. The SMILES string of the molecule is Cc1ccc(S(=O)(=O)Nc2ccc3c(c2)B(O)OC3)cc1. The summed E-state index contributed by atoms with van der Waals surface area (Å²) in [4.78, 5) is 0.199. The lowest BCUT2D eigenvalue weighted by Crippen LogP contribution is -2.28. The summed E-state index contributed by atoms with van der Waals surface area (Å²) in [6.07, 6.45) is 0. The molecule has 21 heavy (non-hydrogen) atoms. The van der Waals surface area contributed by atoms with E-state index in [4.69, 9.17) is 4.65 Å². The van der Waals surface area contributed by atoms with E-state index in [0.29, 0.717) is 17.8 Å². The van der Waals surface area contributed by atoms with Gasteiger partial charge in [-0.1, -0.05) is 23.8 Å². The largest absolute Gasteiger partial charge is 0.491 e. The zero-order chi connectivity index (χ0) is 15.0. The van der Waals surface area contributed by atoms with E-state index in [2.05, 4.69) is 4.72 Å². The van der Waals surface area contributed by atoms with Gasteiger partial charge in [-0.25, -0.2) is 8.42 Å². The molecule has 0 radical (unpaired) electrons. The van der Waals surface area contributed by atoms with Crippen molar-refractivity contribution in [2.75, 3.05) is 4.72 Å². The average Bonchev–Trinajstić information content (AvgIpc) is 2.80. The van der Waals surface area contributed by atoms with Crippen molar-refractivity contribution >= 4 is 28.3 Å². The van der Waals surface area contributed by atoms with Gasteiger partial charge < -0.3 is 9.68 Å². The third-order valence-electron chi connectivity index (χ3n) is 3.39. The Kier molecular flexibility index (Phi) is 3.48. The summed E-state index contributed by atoms with van der Waals surface area (Å²) >= 11 is 0. The summed E-state index contributed by atoms with van der Waals surface area (Å²) in [6.45, 7) is 2.23. The number of fused-ring (bicyclic) bond motifs is 1. The highest BCUT2D eigenvalue weighted by Gasteiger charge is 2.27. The molecule has 0 aliphatic carbocycles. The molecule has 0 saturated carbocycles. The first-order valence-corrected chi connectivity index (χ1v) is 7.96. The van der Waals surface area contributed by atoms with Crippen LogP contribution in [0.25, 0.3) is 0 Å². The molecule has 0 bridgehead atoms. The summed E-state index contributed by atoms with van der Waals surface area (Å²) in [6, 6.07) is 11.6. The number of sulfonamides is 1. The zero-order valence-electron chi connectivity index (χ0n) is 11.4. The maximum absolute atomic E-state index is 12.3. The second-order valence-electron chi connectivity index (χ2n) is 5.00. The molecule has 108 valence electrons. The van der Waals surface area contributed by atoms with Crippen molar-refractivity contribution in [1.29, 1.82) is 0 Å². The molecule has 0 aromatic heterocycles. The summed E-state index contributed by atoms with van der Waals surface area (Å²) in [7, 11) is -4.63. The van der Waals surface area contributed by atoms with Gasteiger partial charge >= 0.3 is 7.12 Å². The first kappa shape index (κ1) is 14.1. The molecule has 2 aromatic rings. The first-order chi connectivity index (χ1) is 9.95. The van der Waals surface area contributed by atoms with Gasteiger partial charge in [0, 0.05) is 5.69 Å². The summed E-state index contributed by atoms with van der Waals surface area (Å²) in [5, 5.41) is 9.65. The lowest BCUT2D eigenvalue weighted by atomic mass is 9.79. The second kappa shape index (κ2) is 5.18. The Hall–Kier alpha value is -1.83. The van der Waals surface area contributed by atoms with Gasteiger partial charge in [0.05, 0.1) is 11.5 Å². The van der Waals surface area contributed by atoms with Crippen LogP contribution >= 0.6 is 0 Å². The van der Waals surface area contributed by atoms with Crippen LogP contribution in [0.4, 0.5) is 5.69 Å². The van der Waals surface area contributed by atoms with Crippen LogP contribution in [0.15, 0.2) is 47.4 Å². The molecule has 0 fully saturated rings. The number of hydrogen-bond donors (Lipinski definition) is 2. The van der Waals surface area contributed by atoms with Crippen LogP contribution in [0, 0.1) is 6.92 Å². The molecule has 1 aliphatic rings. The Morgan fingerprint density at radius 3 is 2.62 bits per heavy atom. The Balaban J connectivity index is 1.89. The molecular formula is C14H14BNO4S. The van der Waals surface area contributed by atoms with Crippen molar-refractivity contribution in [2.45, 2.75) is 18.4 Å². The average molecular weight is 303 g/mol. The topological polar surface area (TPSA) is 75.6 Å². The lowest BCUT2D eigenvalue weighted by molar-refractivity contribution is 0.275. The molecule has 0 saturated heterocycles. The van der Waals surface area contributed by atoms with Gasteiger partial charge in [0.2, 0.25) is 0 Å². The number of hydrogen-bond acceptors (Lipinski definition) is 4. The van der Waals surface area contributed by atoms with Crippen LogP contribution in [0.3, 0.4) is 0 Å². The van der Waals surface area contributed by atoms with Crippen molar-refractivity contribution in [3.63, 3.8) is 0 Å². The van der Waals surface area contributed by atoms with E-state index in [-0.39, 0.29) is 4.90 Å². The molecule has 1 heterocycles. The van der Waals surface area contributed by atoms with Gasteiger partial charge in [0.15, 0.2) is 0 Å². The Morgan fingerprint density at radius 2 is 1.90 bits per heavy atom. The number of rotatable bonds is 3. The molecular weight excluding hydrogens is 289 g/mol. The number of nitrogens with one attached hydrogen (secondary N) is 1. The minimum absolute atomic E-state index is 0.199. The van der Waals surface area contributed by atoms with E-state index in [9.17, 15) is 13.4 Å². The van der Waals surface area contributed by atoms with Gasteiger partial charge in [0.1, 0.15) is 0 Å². The smallest absolute Gasteiger partial charge is 0.423 e. The highest BCUT2D eigenvalue weighted by Crippen LogP contribution is 2.19. The fraction of sp³-hybridized carbons (Fsp3) is 0.143. The zero-order valence-corrected chi connectivity index (χ0v) is 12.2. The monoisotopic (exact) mass is 303 g/mol. The second-order valence-corrected chi connectivity index (χ2v) is 6.68. The van der Waals surface area contributed by atoms with Crippen molar-refractivity contribution in [1.82, 2.24) is 0 Å². The van der Waals surface area contributed by atoms with E-state index in [0.717, 1.165) is 11.1 Å². The Morgan fingerprint density at radius 1 is 1.19 bits per heavy atom.